The van der Waals surface area contributed by atoms with Gasteiger partial charge >= 0.3 is 12.0 Å². The first kappa shape index (κ1) is 16.2. The molecule has 1 aromatic carbocycles. The van der Waals surface area contributed by atoms with E-state index in [0.717, 1.165) is 3.57 Å². The summed E-state index contributed by atoms with van der Waals surface area (Å²) < 4.78 is 1.67. The fraction of sp³-hybridized carbons (Fsp3) is 0.273. The fourth-order valence-electron chi connectivity index (χ4n) is 1.28. The molecule has 0 saturated carbocycles. The summed E-state index contributed by atoms with van der Waals surface area (Å²) in [4.78, 5) is 22.5. The molecule has 0 fully saturated rings. The number of aliphatic carboxylic acids is 1. The van der Waals surface area contributed by atoms with Gasteiger partial charge in [-0.05, 0) is 63.6 Å². The summed E-state index contributed by atoms with van der Waals surface area (Å²) in [6, 6.07) is 3.23. The van der Waals surface area contributed by atoms with Crippen LogP contribution >= 0.6 is 38.5 Å². The van der Waals surface area contributed by atoms with Gasteiger partial charge in [-0.15, -0.1) is 0 Å². The maximum Gasteiger partial charge on any atom is 0.328 e. The van der Waals surface area contributed by atoms with E-state index in [0.29, 0.717) is 10.2 Å². The van der Waals surface area contributed by atoms with Crippen molar-refractivity contribution in [1.29, 1.82) is 0 Å². The molecule has 2 amide bonds. The molecule has 6 nitrogen and oxygen atoms in total. The molecule has 1 aromatic rings. The van der Waals surface area contributed by atoms with Crippen LogP contribution in [0.15, 0.2) is 22.7 Å². The normalized spacial score (nSPS) is 13.5. The largest absolute Gasteiger partial charge is 0.480 e. The van der Waals surface area contributed by atoms with Crippen molar-refractivity contribution in [2.45, 2.75) is 19.1 Å². The maximum absolute atomic E-state index is 11.6. The van der Waals surface area contributed by atoms with Gasteiger partial charge in [0.15, 0.2) is 6.04 Å². The molecule has 2 unspecified atom stereocenters. The van der Waals surface area contributed by atoms with Crippen LogP contribution in [0.1, 0.15) is 6.92 Å². The number of hydrogen-bond donors (Lipinski definition) is 4. The van der Waals surface area contributed by atoms with Gasteiger partial charge in [-0.1, -0.05) is 0 Å². The number of hydrogen-bond acceptors (Lipinski definition) is 3. The Hall–Kier alpha value is -0.870. The average molecular weight is 443 g/mol. The molecule has 104 valence electrons. The van der Waals surface area contributed by atoms with Crippen molar-refractivity contribution in [1.82, 2.24) is 5.32 Å². The van der Waals surface area contributed by atoms with Crippen LogP contribution in [0.2, 0.25) is 0 Å². The Kier molecular flexibility index (Phi) is 6.01. The van der Waals surface area contributed by atoms with Crippen LogP contribution in [-0.4, -0.2) is 34.4 Å². The van der Waals surface area contributed by atoms with E-state index < -0.39 is 24.1 Å². The van der Waals surface area contributed by atoms with Crippen LogP contribution in [-0.2, 0) is 4.79 Å². The van der Waals surface area contributed by atoms with E-state index in [2.05, 4.69) is 49.2 Å². The summed E-state index contributed by atoms with van der Waals surface area (Å²) in [5, 5.41) is 22.8. The standard InChI is InChI=1S/C11H12BrIN2O4/c1-5(16)9(10(17)18)15-11(19)14-8-3-2-6(13)4-7(8)12/h2-5,9,16H,1H3,(H,17,18)(H2,14,15,19). The van der Waals surface area contributed by atoms with E-state index in [1.165, 1.54) is 6.92 Å². The molecule has 2 atom stereocenters. The summed E-state index contributed by atoms with van der Waals surface area (Å²) in [5.74, 6) is -1.30. The molecule has 0 spiro atoms. The van der Waals surface area contributed by atoms with Crippen LogP contribution < -0.4 is 10.6 Å². The van der Waals surface area contributed by atoms with Crippen molar-refractivity contribution in [2.24, 2.45) is 0 Å². The van der Waals surface area contributed by atoms with Crippen LogP contribution in [0.4, 0.5) is 10.5 Å². The van der Waals surface area contributed by atoms with Gasteiger partial charge in [-0.2, -0.15) is 0 Å². The number of amides is 2. The number of carboxylic acids is 1. The topological polar surface area (TPSA) is 98.7 Å². The molecule has 0 bridgehead atoms. The summed E-state index contributed by atoms with van der Waals surface area (Å²) in [7, 11) is 0. The lowest BCUT2D eigenvalue weighted by atomic mass is 10.2. The van der Waals surface area contributed by atoms with Gasteiger partial charge in [0.1, 0.15) is 0 Å². The molecule has 8 heteroatoms. The monoisotopic (exact) mass is 442 g/mol. The van der Waals surface area contributed by atoms with E-state index in [-0.39, 0.29) is 0 Å². The Morgan fingerprint density at radius 2 is 2.05 bits per heavy atom. The molecule has 0 aliphatic heterocycles. The first-order valence-corrected chi connectivity index (χ1v) is 7.12. The number of benzene rings is 1. The molecule has 0 aliphatic rings. The number of carboxylic acid groups (broad SMARTS) is 1. The zero-order chi connectivity index (χ0) is 14.6. The van der Waals surface area contributed by atoms with Crippen molar-refractivity contribution in [3.05, 3.63) is 26.2 Å². The fourth-order valence-corrected chi connectivity index (χ4v) is 2.68. The van der Waals surface area contributed by atoms with E-state index in [4.69, 9.17) is 5.11 Å². The number of aliphatic hydroxyl groups is 1. The third-order valence-corrected chi connectivity index (χ3v) is 3.54. The van der Waals surface area contributed by atoms with Gasteiger partial charge in [-0.3, -0.25) is 0 Å². The van der Waals surface area contributed by atoms with E-state index in [1.54, 1.807) is 18.2 Å². The van der Waals surface area contributed by atoms with Gasteiger partial charge < -0.3 is 20.8 Å². The summed E-state index contributed by atoms with van der Waals surface area (Å²) in [6.45, 7) is 1.29. The summed E-state index contributed by atoms with van der Waals surface area (Å²) in [5.41, 5.74) is 0.507. The molecule has 0 aliphatic carbocycles. The minimum atomic E-state index is -1.36. The highest BCUT2D eigenvalue weighted by Crippen LogP contribution is 2.24. The quantitative estimate of drug-likeness (QED) is 0.536. The molecule has 0 radical (unpaired) electrons. The SMILES string of the molecule is CC(O)C(NC(=O)Nc1ccc(I)cc1Br)C(=O)O. The van der Waals surface area contributed by atoms with E-state index in [9.17, 15) is 14.7 Å². The van der Waals surface area contributed by atoms with E-state index >= 15 is 0 Å². The molecule has 0 aromatic heterocycles. The summed E-state index contributed by atoms with van der Waals surface area (Å²) in [6.07, 6.45) is -1.19. The molecule has 0 heterocycles. The molecule has 19 heavy (non-hydrogen) atoms. The van der Waals surface area contributed by atoms with Crippen molar-refractivity contribution in [2.75, 3.05) is 5.32 Å². The third-order valence-electron chi connectivity index (χ3n) is 2.21. The Bertz CT molecular complexity index is 496. The Morgan fingerprint density at radius 1 is 1.42 bits per heavy atom. The second kappa shape index (κ2) is 7.06. The van der Waals surface area contributed by atoms with Crippen molar-refractivity contribution >= 4 is 56.2 Å². The molecular weight excluding hydrogens is 431 g/mol. The van der Waals surface area contributed by atoms with Crippen LogP contribution in [0.25, 0.3) is 0 Å². The van der Waals surface area contributed by atoms with Crippen molar-refractivity contribution in [3.8, 4) is 0 Å². The minimum Gasteiger partial charge on any atom is -0.480 e. The second-order valence-electron chi connectivity index (χ2n) is 3.78. The van der Waals surface area contributed by atoms with E-state index in [1.807, 2.05) is 0 Å². The van der Waals surface area contributed by atoms with Gasteiger partial charge in [0.2, 0.25) is 0 Å². The smallest absolute Gasteiger partial charge is 0.328 e. The van der Waals surface area contributed by atoms with Crippen molar-refractivity contribution < 1.29 is 19.8 Å². The van der Waals surface area contributed by atoms with Gasteiger partial charge in [-0.25, -0.2) is 9.59 Å². The number of anilines is 1. The number of rotatable bonds is 4. The third kappa shape index (κ3) is 4.96. The van der Waals surface area contributed by atoms with Gasteiger partial charge in [0.05, 0.1) is 11.8 Å². The number of urea groups is 1. The van der Waals surface area contributed by atoms with Crippen molar-refractivity contribution in [3.63, 3.8) is 0 Å². The highest BCUT2D eigenvalue weighted by atomic mass is 127. The summed E-state index contributed by atoms with van der Waals surface area (Å²) >= 11 is 5.41. The van der Waals surface area contributed by atoms with Crippen LogP contribution in [0.5, 0.6) is 0 Å². The Balaban J connectivity index is 2.72. The lowest BCUT2D eigenvalue weighted by Crippen LogP contribution is -2.49. The van der Waals surface area contributed by atoms with Crippen LogP contribution in [0, 0.1) is 3.57 Å². The number of carbonyl (C=O) groups excluding carboxylic acids is 1. The average Bonchev–Trinajstić information content (AvgIpc) is 2.29. The Labute approximate surface area is 131 Å². The number of halogens is 2. The number of carbonyl (C=O) groups is 2. The zero-order valence-electron chi connectivity index (χ0n) is 9.85. The highest BCUT2D eigenvalue weighted by molar-refractivity contribution is 14.1. The number of aliphatic hydroxyl groups excluding tert-OH is 1. The highest BCUT2D eigenvalue weighted by Gasteiger charge is 2.25. The Morgan fingerprint density at radius 3 is 2.53 bits per heavy atom. The molecule has 0 saturated heterocycles. The van der Waals surface area contributed by atoms with Crippen LogP contribution in [0.3, 0.4) is 0 Å². The zero-order valence-corrected chi connectivity index (χ0v) is 13.6. The van der Waals surface area contributed by atoms with Gasteiger partial charge in [0, 0.05) is 8.04 Å². The minimum absolute atomic E-state index is 0.507. The molecular formula is C11H12BrIN2O4. The predicted molar refractivity (Wildman–Crippen MR) is 82.1 cm³/mol. The second-order valence-corrected chi connectivity index (χ2v) is 5.88. The number of nitrogens with one attached hydrogen (secondary N) is 2. The first-order valence-electron chi connectivity index (χ1n) is 5.24. The first-order chi connectivity index (χ1) is 8.81. The molecule has 1 rings (SSSR count). The lowest BCUT2D eigenvalue weighted by Gasteiger charge is -2.17. The maximum atomic E-state index is 11.6. The molecule has 4 N–H and O–H groups in total. The predicted octanol–water partition coefficient (Wildman–Crippen LogP) is 2.01. The van der Waals surface area contributed by atoms with Gasteiger partial charge in [0.25, 0.3) is 0 Å². The lowest BCUT2D eigenvalue weighted by molar-refractivity contribution is -0.141.